The maximum atomic E-state index is 12.8. The van der Waals surface area contributed by atoms with E-state index >= 15 is 0 Å². The van der Waals surface area contributed by atoms with Crippen molar-refractivity contribution in [3.05, 3.63) is 17.0 Å². The monoisotopic (exact) mass is 328 g/mol. The molecule has 2 heterocycles. The quantitative estimate of drug-likeness (QED) is 0.872. The number of likely N-dealkylation sites (tertiary alicyclic amines) is 1. The zero-order valence-electron chi connectivity index (χ0n) is 14.1. The van der Waals surface area contributed by atoms with Gasteiger partial charge in [0.2, 0.25) is 5.91 Å². The summed E-state index contributed by atoms with van der Waals surface area (Å²) in [6.07, 6.45) is 2.29. The second-order valence-corrected chi connectivity index (χ2v) is 6.23. The van der Waals surface area contributed by atoms with Crippen LogP contribution in [0.15, 0.2) is 0 Å². The van der Waals surface area contributed by atoms with E-state index in [1.807, 2.05) is 0 Å². The van der Waals surface area contributed by atoms with Crippen molar-refractivity contribution >= 4 is 5.91 Å². The largest absolute Gasteiger partial charge is 0.356 e. The zero-order chi connectivity index (χ0) is 17.0. The van der Waals surface area contributed by atoms with Gasteiger partial charge in [0.15, 0.2) is 0 Å². The molecular formula is C16H26F2N4O. The van der Waals surface area contributed by atoms with Crippen LogP contribution >= 0.6 is 0 Å². The first-order valence-corrected chi connectivity index (χ1v) is 8.24. The number of nitrogens with one attached hydrogen (secondary N) is 1. The van der Waals surface area contributed by atoms with E-state index in [2.05, 4.69) is 22.2 Å². The smallest absolute Gasteiger partial charge is 0.333 e. The Morgan fingerprint density at radius 3 is 2.52 bits per heavy atom. The van der Waals surface area contributed by atoms with Gasteiger partial charge in [0.05, 0.1) is 12.1 Å². The van der Waals surface area contributed by atoms with Crippen molar-refractivity contribution in [3.63, 3.8) is 0 Å². The summed E-state index contributed by atoms with van der Waals surface area (Å²) in [5.74, 6) is 0.385. The number of hydrogen-bond donors (Lipinski definition) is 1. The Kier molecular flexibility index (Phi) is 6.10. The van der Waals surface area contributed by atoms with E-state index in [9.17, 15) is 13.6 Å². The summed E-state index contributed by atoms with van der Waals surface area (Å²) in [7, 11) is 0. The molecule has 0 atom stereocenters. The third-order valence-corrected chi connectivity index (χ3v) is 4.74. The van der Waals surface area contributed by atoms with Crippen molar-refractivity contribution in [3.8, 4) is 0 Å². The summed E-state index contributed by atoms with van der Waals surface area (Å²) in [6.45, 7) is 6.63. The highest BCUT2D eigenvalue weighted by molar-refractivity contribution is 5.79. The molecule has 2 rings (SSSR count). The van der Waals surface area contributed by atoms with E-state index in [0.29, 0.717) is 34.1 Å². The number of aryl methyl sites for hydroxylation is 1. The molecule has 0 saturated carbocycles. The van der Waals surface area contributed by atoms with E-state index in [-0.39, 0.29) is 12.3 Å². The fourth-order valence-corrected chi connectivity index (χ4v) is 3.13. The average Bonchev–Trinajstić information content (AvgIpc) is 2.81. The molecule has 130 valence electrons. The third kappa shape index (κ3) is 4.50. The lowest BCUT2D eigenvalue weighted by atomic mass is 9.96. The zero-order valence-corrected chi connectivity index (χ0v) is 14.1. The predicted molar refractivity (Wildman–Crippen MR) is 84.5 cm³/mol. The molecule has 5 nitrogen and oxygen atoms in total. The Morgan fingerprint density at radius 2 is 2.00 bits per heavy atom. The van der Waals surface area contributed by atoms with Crippen molar-refractivity contribution in [2.75, 3.05) is 26.2 Å². The molecule has 1 aliphatic heterocycles. The van der Waals surface area contributed by atoms with Gasteiger partial charge in [0, 0.05) is 17.8 Å². The molecule has 1 saturated heterocycles. The number of piperidine rings is 1. The van der Waals surface area contributed by atoms with Crippen LogP contribution in [0.2, 0.25) is 0 Å². The van der Waals surface area contributed by atoms with Crippen molar-refractivity contribution in [1.82, 2.24) is 20.0 Å². The van der Waals surface area contributed by atoms with Crippen LogP contribution < -0.4 is 5.32 Å². The van der Waals surface area contributed by atoms with Gasteiger partial charge in [0.25, 0.3) is 0 Å². The van der Waals surface area contributed by atoms with E-state index in [4.69, 9.17) is 0 Å². The molecule has 0 spiro atoms. The molecule has 0 aromatic carbocycles. The molecular weight excluding hydrogens is 302 g/mol. The van der Waals surface area contributed by atoms with E-state index in [1.54, 1.807) is 13.8 Å². The van der Waals surface area contributed by atoms with Gasteiger partial charge >= 0.3 is 6.55 Å². The van der Waals surface area contributed by atoms with Crippen LogP contribution in [0, 0.1) is 19.8 Å². The molecule has 1 aromatic rings. The van der Waals surface area contributed by atoms with Crippen LogP contribution in [0.3, 0.4) is 0 Å². The first-order chi connectivity index (χ1) is 10.9. The van der Waals surface area contributed by atoms with Crippen LogP contribution in [0.1, 0.15) is 43.3 Å². The van der Waals surface area contributed by atoms with Crippen LogP contribution in [-0.2, 0) is 11.2 Å². The molecule has 0 radical (unpaired) electrons. The lowest BCUT2D eigenvalue weighted by molar-refractivity contribution is -0.120. The van der Waals surface area contributed by atoms with Crippen LogP contribution in [-0.4, -0.2) is 46.8 Å². The first kappa shape index (κ1) is 17.8. The number of rotatable bonds is 6. The van der Waals surface area contributed by atoms with Gasteiger partial charge in [0.1, 0.15) is 0 Å². The van der Waals surface area contributed by atoms with E-state index in [0.717, 1.165) is 32.5 Å². The minimum atomic E-state index is -2.67. The highest BCUT2D eigenvalue weighted by Crippen LogP contribution is 2.20. The van der Waals surface area contributed by atoms with Gasteiger partial charge in [-0.3, -0.25) is 4.79 Å². The number of carbonyl (C=O) groups excluding carboxylic acids is 1. The van der Waals surface area contributed by atoms with E-state index in [1.165, 1.54) is 0 Å². The molecule has 7 heteroatoms. The topological polar surface area (TPSA) is 50.2 Å². The molecule has 0 unspecified atom stereocenters. The van der Waals surface area contributed by atoms with Crippen molar-refractivity contribution < 1.29 is 13.6 Å². The Bertz CT molecular complexity index is 536. The van der Waals surface area contributed by atoms with E-state index < -0.39 is 6.55 Å². The van der Waals surface area contributed by atoms with Crippen molar-refractivity contribution in [2.24, 2.45) is 5.92 Å². The summed E-state index contributed by atoms with van der Waals surface area (Å²) in [5.41, 5.74) is 1.46. The van der Waals surface area contributed by atoms with Crippen molar-refractivity contribution in [2.45, 2.75) is 46.6 Å². The van der Waals surface area contributed by atoms with Gasteiger partial charge in [-0.15, -0.1) is 0 Å². The Balaban J connectivity index is 1.84. The van der Waals surface area contributed by atoms with Crippen LogP contribution in [0.25, 0.3) is 0 Å². The molecule has 23 heavy (non-hydrogen) atoms. The lowest BCUT2D eigenvalue weighted by Crippen LogP contribution is -2.38. The predicted octanol–water partition coefficient (Wildman–Crippen LogP) is 2.29. The second-order valence-electron chi connectivity index (χ2n) is 6.23. The Labute approximate surface area is 136 Å². The van der Waals surface area contributed by atoms with Crippen molar-refractivity contribution in [1.29, 1.82) is 0 Å². The minimum absolute atomic E-state index is 0.109. The number of aromatic nitrogens is 2. The average molecular weight is 328 g/mol. The van der Waals surface area contributed by atoms with Gasteiger partial charge in [-0.25, -0.2) is 4.68 Å². The molecule has 1 fully saturated rings. The third-order valence-electron chi connectivity index (χ3n) is 4.74. The fraction of sp³-hybridized carbons (Fsp3) is 0.750. The summed E-state index contributed by atoms with van der Waals surface area (Å²) in [5, 5.41) is 6.76. The SMILES string of the molecule is CCN1CCC(CNC(=O)Cc2c(C)nn(C(F)F)c2C)CC1. The summed E-state index contributed by atoms with van der Waals surface area (Å²) >= 11 is 0. The molecule has 1 amide bonds. The van der Waals surface area contributed by atoms with Gasteiger partial charge in [-0.05, 0) is 52.2 Å². The summed E-state index contributed by atoms with van der Waals surface area (Å²) < 4.78 is 26.3. The molecule has 0 aliphatic carbocycles. The number of hydrogen-bond acceptors (Lipinski definition) is 3. The molecule has 0 bridgehead atoms. The maximum Gasteiger partial charge on any atom is 0.333 e. The van der Waals surface area contributed by atoms with Crippen LogP contribution in [0.5, 0.6) is 0 Å². The van der Waals surface area contributed by atoms with Gasteiger partial charge in [-0.2, -0.15) is 13.9 Å². The maximum absolute atomic E-state index is 12.8. The van der Waals surface area contributed by atoms with Gasteiger partial charge < -0.3 is 10.2 Å². The fourth-order valence-electron chi connectivity index (χ4n) is 3.13. The highest BCUT2D eigenvalue weighted by Gasteiger charge is 2.21. The molecule has 1 aromatic heterocycles. The van der Waals surface area contributed by atoms with Gasteiger partial charge in [-0.1, -0.05) is 6.92 Å². The number of alkyl halides is 2. The standard InChI is InChI=1S/C16H26F2N4O/c1-4-21-7-5-13(6-8-21)10-19-15(23)9-14-11(2)20-22(12(14)3)16(17)18/h13,16H,4-10H2,1-3H3,(H,19,23). The number of carbonyl (C=O) groups is 1. The highest BCUT2D eigenvalue weighted by atomic mass is 19.3. The number of nitrogens with zero attached hydrogens (tertiary/aromatic N) is 3. The normalized spacial score (nSPS) is 17.0. The molecule has 1 aliphatic rings. The Morgan fingerprint density at radius 1 is 1.35 bits per heavy atom. The lowest BCUT2D eigenvalue weighted by Gasteiger charge is -2.31. The minimum Gasteiger partial charge on any atom is -0.356 e. The van der Waals surface area contributed by atoms with Crippen LogP contribution in [0.4, 0.5) is 8.78 Å². The number of halogens is 2. The molecule has 1 N–H and O–H groups in total. The number of amides is 1. The summed E-state index contributed by atoms with van der Waals surface area (Å²) in [6, 6.07) is 0. The first-order valence-electron chi connectivity index (χ1n) is 8.24. The summed E-state index contributed by atoms with van der Waals surface area (Å²) in [4.78, 5) is 14.5. The second kappa shape index (κ2) is 7.86. The Hall–Kier alpha value is -1.50.